The molecule has 0 fully saturated rings. The largest absolute Gasteiger partial charge is 0.311 e. The number of carbonyl (C=O) groups is 1. The van der Waals surface area contributed by atoms with Crippen molar-refractivity contribution in [3.8, 4) is 11.1 Å². The van der Waals surface area contributed by atoms with Crippen molar-refractivity contribution in [1.82, 2.24) is 9.55 Å². The van der Waals surface area contributed by atoms with Gasteiger partial charge in [-0.1, -0.05) is 46.3 Å². The van der Waals surface area contributed by atoms with Crippen molar-refractivity contribution >= 4 is 49.1 Å². The van der Waals surface area contributed by atoms with E-state index in [2.05, 4.69) is 20.9 Å². The van der Waals surface area contributed by atoms with Gasteiger partial charge in [-0.05, 0) is 36.8 Å². The highest BCUT2D eigenvalue weighted by Gasteiger charge is 2.18. The van der Waals surface area contributed by atoms with E-state index in [1.165, 1.54) is 22.2 Å². The third kappa shape index (κ3) is 3.88. The number of carbonyl (C=O) groups excluding carboxylic acids is 1. The summed E-state index contributed by atoms with van der Waals surface area (Å²) in [6.45, 7) is 2.38. The Morgan fingerprint density at radius 3 is 2.55 bits per heavy atom. The number of anilines is 1. The van der Waals surface area contributed by atoms with Crippen molar-refractivity contribution in [3.05, 3.63) is 81.1 Å². The molecule has 5 nitrogen and oxygen atoms in total. The van der Waals surface area contributed by atoms with Crippen molar-refractivity contribution in [3.63, 3.8) is 0 Å². The molecule has 0 bridgehead atoms. The van der Waals surface area contributed by atoms with Crippen LogP contribution in [0.3, 0.4) is 0 Å². The predicted octanol–water partition coefficient (Wildman–Crippen LogP) is 4.94. The molecule has 7 heteroatoms. The van der Waals surface area contributed by atoms with Crippen LogP contribution in [0.25, 0.3) is 21.3 Å². The number of hydrogen-bond acceptors (Lipinski definition) is 4. The number of likely N-dealkylation sites (N-methyl/N-ethyl adjacent to an activating group) is 1. The van der Waals surface area contributed by atoms with Crippen molar-refractivity contribution < 1.29 is 4.79 Å². The van der Waals surface area contributed by atoms with Crippen molar-refractivity contribution in [2.75, 3.05) is 11.4 Å². The fourth-order valence-electron chi connectivity index (χ4n) is 3.26. The fraction of sp³-hybridized carbons (Fsp3) is 0.136. The summed E-state index contributed by atoms with van der Waals surface area (Å²) in [5, 5.41) is 2.49. The molecule has 29 heavy (non-hydrogen) atoms. The average molecular weight is 468 g/mol. The number of para-hydroxylation sites is 1. The van der Waals surface area contributed by atoms with Crippen molar-refractivity contribution in [2.24, 2.45) is 0 Å². The average Bonchev–Trinajstić information content (AvgIpc) is 3.17. The zero-order valence-corrected chi connectivity index (χ0v) is 18.1. The summed E-state index contributed by atoms with van der Waals surface area (Å²) in [7, 11) is 0. The molecule has 0 spiro atoms. The maximum atomic E-state index is 13.2. The second-order valence-electron chi connectivity index (χ2n) is 6.49. The van der Waals surface area contributed by atoms with Gasteiger partial charge >= 0.3 is 0 Å². The second-order valence-corrected chi connectivity index (χ2v) is 8.26. The molecule has 146 valence electrons. The van der Waals surface area contributed by atoms with Crippen LogP contribution >= 0.6 is 27.3 Å². The number of nitrogens with zero attached hydrogens (tertiary/aromatic N) is 3. The van der Waals surface area contributed by atoms with Gasteiger partial charge in [-0.25, -0.2) is 4.98 Å². The topological polar surface area (TPSA) is 55.2 Å². The molecule has 0 aliphatic rings. The van der Waals surface area contributed by atoms with Gasteiger partial charge in [-0.3, -0.25) is 14.2 Å². The Balaban J connectivity index is 1.71. The van der Waals surface area contributed by atoms with Gasteiger partial charge in [0, 0.05) is 27.6 Å². The summed E-state index contributed by atoms with van der Waals surface area (Å²) in [6.07, 6.45) is 1.46. The zero-order chi connectivity index (χ0) is 20.4. The Morgan fingerprint density at radius 1 is 1.14 bits per heavy atom. The first-order valence-electron chi connectivity index (χ1n) is 9.16. The Labute approximate surface area is 180 Å². The summed E-state index contributed by atoms with van der Waals surface area (Å²) < 4.78 is 2.37. The first-order valence-corrected chi connectivity index (χ1v) is 10.8. The molecular formula is C22H18BrN3O2S. The van der Waals surface area contributed by atoms with E-state index in [1.807, 2.05) is 66.9 Å². The molecular weight excluding hydrogens is 450 g/mol. The fourth-order valence-corrected chi connectivity index (χ4v) is 4.43. The molecule has 0 unspecified atom stereocenters. The quantitative estimate of drug-likeness (QED) is 0.417. The van der Waals surface area contributed by atoms with Crippen molar-refractivity contribution in [1.29, 1.82) is 0 Å². The van der Waals surface area contributed by atoms with E-state index in [9.17, 15) is 9.59 Å². The van der Waals surface area contributed by atoms with E-state index in [1.54, 1.807) is 4.90 Å². The molecule has 4 aromatic rings. The SMILES string of the molecule is CCN(C(=O)Cn1cnc2scc(-c3ccc(Br)cc3)c2c1=O)c1ccccc1. The molecule has 2 aromatic carbocycles. The summed E-state index contributed by atoms with van der Waals surface area (Å²) in [5.74, 6) is -0.151. The molecule has 0 aliphatic carbocycles. The second kappa shape index (κ2) is 8.31. The first-order chi connectivity index (χ1) is 14.1. The number of amides is 1. The third-order valence-electron chi connectivity index (χ3n) is 4.71. The molecule has 0 saturated carbocycles. The number of benzene rings is 2. The lowest BCUT2D eigenvalue weighted by Crippen LogP contribution is -2.36. The predicted molar refractivity (Wildman–Crippen MR) is 121 cm³/mol. The van der Waals surface area contributed by atoms with Crippen LogP contribution in [-0.2, 0) is 11.3 Å². The van der Waals surface area contributed by atoms with Gasteiger partial charge in [0.1, 0.15) is 11.4 Å². The normalized spacial score (nSPS) is 11.0. The number of rotatable bonds is 5. The molecule has 0 saturated heterocycles. The number of thiophene rings is 1. The highest BCUT2D eigenvalue weighted by Crippen LogP contribution is 2.31. The standard InChI is InChI=1S/C22H18BrN3O2S/c1-2-26(17-6-4-3-5-7-17)19(27)12-25-14-24-21-20(22(25)28)18(13-29-21)15-8-10-16(23)11-9-15/h3-11,13-14H,2,12H2,1H3. The maximum Gasteiger partial charge on any atom is 0.263 e. The summed E-state index contributed by atoms with van der Waals surface area (Å²) >= 11 is 4.86. The Hall–Kier alpha value is -2.77. The molecule has 2 aromatic heterocycles. The van der Waals surface area contributed by atoms with Crippen LogP contribution in [-0.4, -0.2) is 22.0 Å². The van der Waals surface area contributed by atoms with E-state index >= 15 is 0 Å². The van der Waals surface area contributed by atoms with Gasteiger partial charge in [0.25, 0.3) is 5.56 Å². The van der Waals surface area contributed by atoms with Gasteiger partial charge < -0.3 is 4.90 Å². The summed E-state index contributed by atoms with van der Waals surface area (Å²) in [4.78, 5) is 32.8. The Kier molecular flexibility index (Phi) is 5.60. The molecule has 0 aliphatic heterocycles. The number of aromatic nitrogens is 2. The lowest BCUT2D eigenvalue weighted by molar-refractivity contribution is -0.119. The van der Waals surface area contributed by atoms with Gasteiger partial charge in [0.05, 0.1) is 11.7 Å². The minimum Gasteiger partial charge on any atom is -0.311 e. The third-order valence-corrected chi connectivity index (χ3v) is 6.12. The monoisotopic (exact) mass is 467 g/mol. The number of fused-ring (bicyclic) bond motifs is 1. The smallest absolute Gasteiger partial charge is 0.263 e. The number of halogens is 1. The van der Waals surface area contributed by atoms with E-state index in [-0.39, 0.29) is 18.0 Å². The van der Waals surface area contributed by atoms with Crippen LogP contribution in [0.2, 0.25) is 0 Å². The van der Waals surface area contributed by atoms with E-state index in [4.69, 9.17) is 0 Å². The van der Waals surface area contributed by atoms with Gasteiger partial charge in [-0.2, -0.15) is 0 Å². The number of hydrogen-bond donors (Lipinski definition) is 0. The Morgan fingerprint density at radius 2 is 1.86 bits per heavy atom. The minimum absolute atomic E-state index is 0.0554. The van der Waals surface area contributed by atoms with Crippen LogP contribution in [0.15, 0.2) is 75.6 Å². The van der Waals surface area contributed by atoms with Crippen LogP contribution in [0, 0.1) is 0 Å². The lowest BCUT2D eigenvalue weighted by atomic mass is 10.1. The zero-order valence-electron chi connectivity index (χ0n) is 15.7. The van der Waals surface area contributed by atoms with Gasteiger partial charge in [-0.15, -0.1) is 11.3 Å². The molecule has 1 amide bonds. The van der Waals surface area contributed by atoms with E-state index < -0.39 is 0 Å². The summed E-state index contributed by atoms with van der Waals surface area (Å²) in [5.41, 5.74) is 2.40. The molecule has 0 radical (unpaired) electrons. The van der Waals surface area contributed by atoms with Gasteiger partial charge in [0.2, 0.25) is 5.91 Å². The van der Waals surface area contributed by atoms with Crippen molar-refractivity contribution in [2.45, 2.75) is 13.5 Å². The van der Waals surface area contributed by atoms with Crippen LogP contribution < -0.4 is 10.5 Å². The molecule has 4 rings (SSSR count). The highest BCUT2D eigenvalue weighted by molar-refractivity contribution is 9.10. The molecule has 0 N–H and O–H groups in total. The van der Waals surface area contributed by atoms with Crippen LogP contribution in [0.5, 0.6) is 0 Å². The van der Waals surface area contributed by atoms with Crippen LogP contribution in [0.1, 0.15) is 6.92 Å². The molecule has 2 heterocycles. The van der Waals surface area contributed by atoms with E-state index in [0.717, 1.165) is 21.3 Å². The Bertz CT molecular complexity index is 1220. The first kappa shape index (κ1) is 19.5. The lowest BCUT2D eigenvalue weighted by Gasteiger charge is -2.21. The minimum atomic E-state index is -0.202. The van der Waals surface area contributed by atoms with Gasteiger partial charge in [0.15, 0.2) is 0 Å². The van der Waals surface area contributed by atoms with Crippen LogP contribution in [0.4, 0.5) is 5.69 Å². The summed E-state index contributed by atoms with van der Waals surface area (Å²) in [6, 6.07) is 17.3. The maximum absolute atomic E-state index is 13.2. The highest BCUT2D eigenvalue weighted by atomic mass is 79.9. The van der Waals surface area contributed by atoms with E-state index in [0.29, 0.717) is 16.8 Å². The molecule has 0 atom stereocenters.